The van der Waals surface area contributed by atoms with E-state index in [9.17, 15) is 0 Å². The normalized spacial score (nSPS) is 11.7. The van der Waals surface area contributed by atoms with E-state index in [1.165, 1.54) is 21.6 Å². The first-order chi connectivity index (χ1) is 8.19. The summed E-state index contributed by atoms with van der Waals surface area (Å²) in [6.45, 7) is 13.9. The predicted octanol–water partition coefficient (Wildman–Crippen LogP) is 3.17. The van der Waals surface area contributed by atoms with Gasteiger partial charge in [0, 0.05) is 0 Å². The molecule has 0 bridgehead atoms. The third-order valence-corrected chi connectivity index (χ3v) is 3.04. The summed E-state index contributed by atoms with van der Waals surface area (Å²) in [5.41, 5.74) is 2.39. The zero-order valence-electron chi connectivity index (χ0n) is 10.2. The zero-order valence-corrected chi connectivity index (χ0v) is 10.2. The Balaban J connectivity index is 3.16. The standard InChI is InChI=1S/C17H16/c1-5-7-15-11-9-12(3)16-14(6-2)10-8-13(4)17(15)16/h5-11H,1-3H2,4H3/b15-7-. The van der Waals surface area contributed by atoms with Crippen LogP contribution in [0, 0.1) is 6.92 Å². The third-order valence-electron chi connectivity index (χ3n) is 3.04. The Morgan fingerprint density at radius 1 is 1.00 bits per heavy atom. The molecule has 0 amide bonds. The fourth-order valence-electron chi connectivity index (χ4n) is 2.23. The highest BCUT2D eigenvalue weighted by molar-refractivity contribution is 5.94. The van der Waals surface area contributed by atoms with Crippen molar-refractivity contribution in [2.75, 3.05) is 0 Å². The van der Waals surface area contributed by atoms with Crippen LogP contribution in [0.3, 0.4) is 0 Å². The van der Waals surface area contributed by atoms with E-state index in [0.29, 0.717) is 0 Å². The molecule has 84 valence electrons. The summed E-state index contributed by atoms with van der Waals surface area (Å²) in [6.07, 6.45) is 5.73. The van der Waals surface area contributed by atoms with Crippen LogP contribution in [-0.4, -0.2) is 0 Å². The minimum Gasteiger partial charge on any atom is -0.0990 e. The Bertz CT molecular complexity index is 703. The fraction of sp³-hybridized carbons (Fsp3) is 0.0588. The molecule has 0 aromatic heterocycles. The highest BCUT2D eigenvalue weighted by Gasteiger charge is 2.03. The molecular weight excluding hydrogens is 204 g/mol. The Labute approximate surface area is 102 Å². The van der Waals surface area contributed by atoms with E-state index in [1.807, 2.05) is 24.3 Å². The first kappa shape index (κ1) is 11.4. The third kappa shape index (κ3) is 1.83. The molecule has 0 saturated carbocycles. The number of aryl methyl sites for hydroxylation is 1. The predicted molar refractivity (Wildman–Crippen MR) is 78.2 cm³/mol. The molecule has 0 atom stereocenters. The minimum atomic E-state index is 1.04. The number of benzene rings is 2. The van der Waals surface area contributed by atoms with Crippen LogP contribution in [0.4, 0.5) is 0 Å². The van der Waals surface area contributed by atoms with Crippen LogP contribution in [0.2, 0.25) is 0 Å². The van der Waals surface area contributed by atoms with Gasteiger partial charge in [0.25, 0.3) is 0 Å². The van der Waals surface area contributed by atoms with E-state index >= 15 is 0 Å². The molecule has 0 fully saturated rings. The summed E-state index contributed by atoms with van der Waals surface area (Å²) in [5, 5.41) is 4.66. The van der Waals surface area contributed by atoms with Gasteiger partial charge in [0.15, 0.2) is 0 Å². The van der Waals surface area contributed by atoms with Crippen LogP contribution in [0.25, 0.3) is 29.5 Å². The molecule has 2 rings (SSSR count). The summed E-state index contributed by atoms with van der Waals surface area (Å²) in [4.78, 5) is 0. The van der Waals surface area contributed by atoms with Crippen LogP contribution in [0.15, 0.2) is 43.5 Å². The minimum absolute atomic E-state index is 1.04. The first-order valence-corrected chi connectivity index (χ1v) is 5.65. The van der Waals surface area contributed by atoms with Crippen molar-refractivity contribution in [3.05, 3.63) is 65.1 Å². The number of hydrogen-bond donors (Lipinski definition) is 0. The molecule has 0 heterocycles. The first-order valence-electron chi connectivity index (χ1n) is 5.65. The topological polar surface area (TPSA) is 0 Å². The molecule has 0 spiro atoms. The second kappa shape index (κ2) is 4.42. The van der Waals surface area contributed by atoms with Gasteiger partial charge < -0.3 is 0 Å². The smallest absolute Gasteiger partial charge is 0.00363 e. The lowest BCUT2D eigenvalue weighted by Crippen LogP contribution is -2.12. The van der Waals surface area contributed by atoms with Gasteiger partial charge in [-0.05, 0) is 39.3 Å². The van der Waals surface area contributed by atoms with Crippen molar-refractivity contribution in [2.45, 2.75) is 6.92 Å². The highest BCUT2D eigenvalue weighted by Crippen LogP contribution is 2.17. The SMILES string of the molecule is C=C/C=c1/ccc(=C)c2c(C=C)ccc(C)c12. The van der Waals surface area contributed by atoms with Crippen molar-refractivity contribution in [1.29, 1.82) is 0 Å². The van der Waals surface area contributed by atoms with Crippen molar-refractivity contribution < 1.29 is 0 Å². The van der Waals surface area contributed by atoms with Crippen LogP contribution in [0.1, 0.15) is 11.1 Å². The van der Waals surface area contributed by atoms with Crippen LogP contribution in [-0.2, 0) is 0 Å². The van der Waals surface area contributed by atoms with Crippen molar-refractivity contribution in [3.8, 4) is 0 Å². The van der Waals surface area contributed by atoms with Gasteiger partial charge in [-0.25, -0.2) is 0 Å². The fourth-order valence-corrected chi connectivity index (χ4v) is 2.23. The Morgan fingerprint density at radius 3 is 2.41 bits per heavy atom. The average Bonchev–Trinajstić information content (AvgIpc) is 2.33. The second-order valence-corrected chi connectivity index (χ2v) is 4.14. The van der Waals surface area contributed by atoms with Crippen molar-refractivity contribution >= 4 is 29.5 Å². The molecule has 0 nitrogen and oxygen atoms in total. The molecule has 0 unspecified atom stereocenters. The van der Waals surface area contributed by atoms with E-state index in [-0.39, 0.29) is 0 Å². The summed E-state index contributed by atoms with van der Waals surface area (Å²) >= 11 is 0. The molecule has 0 aliphatic carbocycles. The highest BCUT2D eigenvalue weighted by atomic mass is 14.1. The summed E-state index contributed by atoms with van der Waals surface area (Å²) in [5.74, 6) is 0. The van der Waals surface area contributed by atoms with E-state index in [4.69, 9.17) is 0 Å². The van der Waals surface area contributed by atoms with Gasteiger partial charge in [0.05, 0.1) is 0 Å². The van der Waals surface area contributed by atoms with Gasteiger partial charge in [-0.15, -0.1) is 0 Å². The van der Waals surface area contributed by atoms with Gasteiger partial charge in [-0.1, -0.05) is 62.2 Å². The van der Waals surface area contributed by atoms with Gasteiger partial charge in [-0.2, -0.15) is 0 Å². The molecule has 17 heavy (non-hydrogen) atoms. The zero-order chi connectivity index (χ0) is 12.4. The summed E-state index contributed by atoms with van der Waals surface area (Å²) in [7, 11) is 0. The lowest BCUT2D eigenvalue weighted by molar-refractivity contribution is 1.49. The molecule has 0 radical (unpaired) electrons. The lowest BCUT2D eigenvalue weighted by atomic mass is 9.97. The van der Waals surface area contributed by atoms with Gasteiger partial charge in [0.2, 0.25) is 0 Å². The Kier molecular flexibility index (Phi) is 2.97. The molecule has 0 aliphatic rings. The maximum Gasteiger partial charge on any atom is -0.00363 e. The number of rotatable bonds is 2. The van der Waals surface area contributed by atoms with Gasteiger partial charge in [-0.3, -0.25) is 0 Å². The Hall–Kier alpha value is -2.08. The van der Waals surface area contributed by atoms with Crippen molar-refractivity contribution in [2.24, 2.45) is 0 Å². The van der Waals surface area contributed by atoms with Gasteiger partial charge in [0.1, 0.15) is 0 Å². The van der Waals surface area contributed by atoms with Crippen LogP contribution in [0.5, 0.6) is 0 Å². The molecule has 0 N–H and O–H groups in total. The molecule has 2 aromatic rings. The second-order valence-electron chi connectivity index (χ2n) is 4.14. The quantitative estimate of drug-likeness (QED) is 0.729. The molecule has 0 aliphatic heterocycles. The maximum atomic E-state index is 4.11. The largest absolute Gasteiger partial charge is 0.0990 e. The number of fused-ring (bicyclic) bond motifs is 1. The molecular formula is C17H16. The summed E-state index contributed by atoms with van der Waals surface area (Å²) < 4.78 is 0. The van der Waals surface area contributed by atoms with Crippen LogP contribution < -0.4 is 10.4 Å². The number of allylic oxidation sites excluding steroid dienone is 1. The van der Waals surface area contributed by atoms with E-state index in [1.54, 1.807) is 0 Å². The summed E-state index contributed by atoms with van der Waals surface area (Å²) in [6, 6.07) is 8.35. The average molecular weight is 220 g/mol. The molecule has 2 aromatic carbocycles. The molecule has 0 heteroatoms. The van der Waals surface area contributed by atoms with Crippen molar-refractivity contribution in [3.63, 3.8) is 0 Å². The number of hydrogen-bond acceptors (Lipinski definition) is 0. The lowest BCUT2D eigenvalue weighted by Gasteiger charge is -2.07. The molecule has 0 saturated heterocycles. The van der Waals surface area contributed by atoms with E-state index in [2.05, 4.69) is 44.9 Å². The van der Waals surface area contributed by atoms with Crippen LogP contribution >= 0.6 is 0 Å². The van der Waals surface area contributed by atoms with Crippen molar-refractivity contribution in [1.82, 2.24) is 0 Å². The van der Waals surface area contributed by atoms with Gasteiger partial charge >= 0.3 is 0 Å². The Morgan fingerprint density at radius 2 is 1.76 bits per heavy atom. The monoisotopic (exact) mass is 220 g/mol. The van der Waals surface area contributed by atoms with E-state index < -0.39 is 0 Å². The maximum absolute atomic E-state index is 4.11. The van der Waals surface area contributed by atoms with E-state index in [0.717, 1.165) is 10.8 Å².